The van der Waals surface area contributed by atoms with Crippen LogP contribution in [-0.4, -0.2) is 12.1 Å². The molecule has 0 bridgehead atoms. The Morgan fingerprint density at radius 3 is 2.81 bits per heavy atom. The lowest BCUT2D eigenvalue weighted by Gasteiger charge is -2.18. The van der Waals surface area contributed by atoms with Gasteiger partial charge >= 0.3 is 0 Å². The highest BCUT2D eigenvalue weighted by atomic mass is 16.5. The molecule has 0 spiro atoms. The predicted molar refractivity (Wildman–Crippen MR) is 66.6 cm³/mol. The van der Waals surface area contributed by atoms with Gasteiger partial charge in [-0.25, -0.2) is 0 Å². The van der Waals surface area contributed by atoms with Gasteiger partial charge in [0.15, 0.2) is 0 Å². The number of hydrogen-bond acceptors (Lipinski definition) is 2. The third kappa shape index (κ3) is 2.76. The second-order valence-electron chi connectivity index (χ2n) is 5.18. The van der Waals surface area contributed by atoms with Crippen LogP contribution in [0.15, 0.2) is 24.3 Å². The molecule has 0 radical (unpaired) electrons. The monoisotopic (exact) mass is 219 g/mol. The fourth-order valence-electron chi connectivity index (χ4n) is 2.42. The van der Waals surface area contributed by atoms with Gasteiger partial charge in [0.1, 0.15) is 11.9 Å². The van der Waals surface area contributed by atoms with Gasteiger partial charge in [0.05, 0.1) is 0 Å². The molecule has 0 aliphatic carbocycles. The van der Waals surface area contributed by atoms with Crippen molar-refractivity contribution in [2.45, 2.75) is 45.3 Å². The molecule has 2 N–H and O–H groups in total. The topological polar surface area (TPSA) is 35.2 Å². The summed E-state index contributed by atoms with van der Waals surface area (Å²) < 4.78 is 5.88. The number of nitrogens with two attached hydrogens (primary N) is 1. The maximum Gasteiger partial charge on any atom is 0.123 e. The first-order chi connectivity index (χ1) is 7.65. The van der Waals surface area contributed by atoms with Crippen LogP contribution in [0.5, 0.6) is 5.75 Å². The Bertz CT molecular complexity index is 323. The Balaban J connectivity index is 1.87. The van der Waals surface area contributed by atoms with Gasteiger partial charge in [-0.3, -0.25) is 0 Å². The lowest BCUT2D eigenvalue weighted by atomic mass is 9.97. The van der Waals surface area contributed by atoms with Gasteiger partial charge in [-0.05, 0) is 30.4 Å². The van der Waals surface area contributed by atoms with E-state index in [4.69, 9.17) is 10.5 Å². The molecule has 16 heavy (non-hydrogen) atoms. The minimum Gasteiger partial charge on any atom is -0.490 e. The van der Waals surface area contributed by atoms with Crippen LogP contribution < -0.4 is 10.5 Å². The van der Waals surface area contributed by atoms with Crippen LogP contribution in [0.4, 0.5) is 0 Å². The smallest absolute Gasteiger partial charge is 0.123 e. The summed E-state index contributed by atoms with van der Waals surface area (Å²) in [6.07, 6.45) is 3.34. The highest BCUT2D eigenvalue weighted by molar-refractivity contribution is 5.37. The summed E-state index contributed by atoms with van der Waals surface area (Å²) in [4.78, 5) is 0. The molecule has 1 aromatic carbocycles. The van der Waals surface area contributed by atoms with Crippen LogP contribution in [0.3, 0.4) is 0 Å². The number of ether oxygens (including phenoxy) is 1. The van der Waals surface area contributed by atoms with Gasteiger partial charge < -0.3 is 10.5 Å². The van der Waals surface area contributed by atoms with Crippen molar-refractivity contribution >= 4 is 0 Å². The summed E-state index contributed by atoms with van der Waals surface area (Å²) in [6, 6.07) is 8.54. The van der Waals surface area contributed by atoms with Gasteiger partial charge in [0.2, 0.25) is 0 Å². The Hall–Kier alpha value is -1.02. The van der Waals surface area contributed by atoms with Crippen LogP contribution in [0.25, 0.3) is 0 Å². The molecule has 1 heterocycles. The zero-order chi connectivity index (χ0) is 11.5. The maximum atomic E-state index is 6.11. The molecule has 0 amide bonds. The Kier molecular flexibility index (Phi) is 3.49. The van der Waals surface area contributed by atoms with Gasteiger partial charge in [0.25, 0.3) is 0 Å². The van der Waals surface area contributed by atoms with E-state index in [0.29, 0.717) is 5.92 Å². The molecule has 0 saturated heterocycles. The minimum absolute atomic E-state index is 0.263. The molecule has 2 heteroatoms. The summed E-state index contributed by atoms with van der Waals surface area (Å²) in [5.41, 5.74) is 7.43. The van der Waals surface area contributed by atoms with Crippen molar-refractivity contribution in [3.8, 4) is 5.75 Å². The molecule has 2 nitrogen and oxygen atoms in total. The van der Waals surface area contributed by atoms with E-state index in [1.165, 1.54) is 5.56 Å². The Morgan fingerprint density at radius 1 is 1.38 bits per heavy atom. The van der Waals surface area contributed by atoms with Crippen LogP contribution in [-0.2, 0) is 6.42 Å². The third-order valence-corrected chi connectivity index (χ3v) is 3.05. The van der Waals surface area contributed by atoms with Crippen molar-refractivity contribution in [1.29, 1.82) is 0 Å². The number of fused-ring (bicyclic) bond motifs is 1. The summed E-state index contributed by atoms with van der Waals surface area (Å²) >= 11 is 0. The lowest BCUT2D eigenvalue weighted by molar-refractivity contribution is 0.204. The Labute approximate surface area is 97.8 Å². The standard InChI is InChI=1S/C14H21NO/c1-10(2)7-12(15)9-13-8-11-5-3-4-6-14(11)16-13/h3-6,10,12-13H,7-9,15H2,1-2H3. The van der Waals surface area contributed by atoms with E-state index in [1.807, 2.05) is 12.1 Å². The van der Waals surface area contributed by atoms with Crippen LogP contribution in [0, 0.1) is 5.92 Å². The molecule has 0 fully saturated rings. The number of para-hydroxylation sites is 1. The first-order valence-electron chi connectivity index (χ1n) is 6.15. The molecule has 0 saturated carbocycles. The first-order valence-corrected chi connectivity index (χ1v) is 6.15. The fourth-order valence-corrected chi connectivity index (χ4v) is 2.42. The van der Waals surface area contributed by atoms with Gasteiger partial charge in [-0.1, -0.05) is 32.0 Å². The third-order valence-electron chi connectivity index (χ3n) is 3.05. The molecule has 2 unspecified atom stereocenters. The summed E-state index contributed by atoms with van der Waals surface area (Å²) in [6.45, 7) is 4.42. The summed E-state index contributed by atoms with van der Waals surface area (Å²) in [5, 5.41) is 0. The maximum absolute atomic E-state index is 6.11. The van der Waals surface area contributed by atoms with Crippen molar-refractivity contribution < 1.29 is 4.74 Å². The van der Waals surface area contributed by atoms with Crippen molar-refractivity contribution in [2.24, 2.45) is 11.7 Å². The van der Waals surface area contributed by atoms with Crippen LogP contribution in [0.2, 0.25) is 0 Å². The highest BCUT2D eigenvalue weighted by Gasteiger charge is 2.24. The highest BCUT2D eigenvalue weighted by Crippen LogP contribution is 2.30. The first kappa shape index (κ1) is 11.5. The molecule has 1 aliphatic heterocycles. The van der Waals surface area contributed by atoms with Crippen molar-refractivity contribution in [1.82, 2.24) is 0 Å². The van der Waals surface area contributed by atoms with E-state index in [1.54, 1.807) is 0 Å². The van der Waals surface area contributed by atoms with Crippen molar-refractivity contribution in [2.75, 3.05) is 0 Å². The number of benzene rings is 1. The zero-order valence-corrected chi connectivity index (χ0v) is 10.1. The molecule has 2 rings (SSSR count). The van der Waals surface area contributed by atoms with Gasteiger partial charge in [0, 0.05) is 12.5 Å². The largest absolute Gasteiger partial charge is 0.490 e. The number of rotatable bonds is 4. The quantitative estimate of drug-likeness (QED) is 0.845. The fraction of sp³-hybridized carbons (Fsp3) is 0.571. The van der Waals surface area contributed by atoms with Crippen molar-refractivity contribution in [3.63, 3.8) is 0 Å². The van der Waals surface area contributed by atoms with E-state index in [-0.39, 0.29) is 12.1 Å². The zero-order valence-electron chi connectivity index (χ0n) is 10.1. The predicted octanol–water partition coefficient (Wildman–Crippen LogP) is 2.75. The second-order valence-corrected chi connectivity index (χ2v) is 5.18. The Morgan fingerprint density at radius 2 is 2.12 bits per heavy atom. The van der Waals surface area contributed by atoms with Crippen molar-refractivity contribution in [3.05, 3.63) is 29.8 Å². The summed E-state index contributed by atoms with van der Waals surface area (Å²) in [7, 11) is 0. The van der Waals surface area contributed by atoms with Gasteiger partial charge in [-0.15, -0.1) is 0 Å². The second kappa shape index (κ2) is 4.88. The van der Waals surface area contributed by atoms with E-state index in [2.05, 4.69) is 26.0 Å². The number of hydrogen-bond donors (Lipinski definition) is 1. The molecule has 1 aromatic rings. The minimum atomic E-state index is 0.263. The molecular weight excluding hydrogens is 198 g/mol. The normalized spacial score (nSPS) is 20.6. The van der Waals surface area contributed by atoms with Gasteiger partial charge in [-0.2, -0.15) is 0 Å². The molecule has 88 valence electrons. The van der Waals surface area contributed by atoms with Crippen LogP contribution >= 0.6 is 0 Å². The van der Waals surface area contributed by atoms with E-state index < -0.39 is 0 Å². The molecular formula is C14H21NO. The van der Waals surface area contributed by atoms with E-state index in [9.17, 15) is 0 Å². The average molecular weight is 219 g/mol. The summed E-state index contributed by atoms with van der Waals surface area (Å²) in [5.74, 6) is 1.71. The molecule has 1 aliphatic rings. The SMILES string of the molecule is CC(C)CC(N)CC1Cc2ccccc2O1. The van der Waals surface area contributed by atoms with Crippen LogP contribution in [0.1, 0.15) is 32.3 Å². The average Bonchev–Trinajstić information content (AvgIpc) is 2.57. The van der Waals surface area contributed by atoms with E-state index >= 15 is 0 Å². The molecule has 0 aromatic heterocycles. The lowest BCUT2D eigenvalue weighted by Crippen LogP contribution is -2.29. The molecule has 2 atom stereocenters. The van der Waals surface area contributed by atoms with E-state index in [0.717, 1.165) is 25.0 Å².